The van der Waals surface area contributed by atoms with E-state index < -0.39 is 20.8 Å². The summed E-state index contributed by atoms with van der Waals surface area (Å²) in [6.07, 6.45) is 0.693. The quantitative estimate of drug-likeness (QED) is 0.445. The molecule has 6 heteroatoms. The molecule has 0 unspecified atom stereocenters. The first-order valence-corrected chi connectivity index (χ1v) is 11.6. The van der Waals surface area contributed by atoms with Crippen LogP contribution in [-0.4, -0.2) is 20.0 Å². The van der Waals surface area contributed by atoms with E-state index >= 15 is 0 Å². The topological polar surface area (TPSA) is 51.2 Å². The molecule has 0 fully saturated rings. The van der Waals surface area contributed by atoms with Gasteiger partial charge in [-0.15, -0.1) is 0 Å². The number of benzene rings is 3. The normalized spacial score (nSPS) is 11.6. The largest absolute Gasteiger partial charge is 0.299 e. The molecule has 0 amide bonds. The molecule has 150 valence electrons. The zero-order chi connectivity index (χ0) is 20.9. The van der Waals surface area contributed by atoms with Crippen molar-refractivity contribution in [1.29, 1.82) is 0 Å². The van der Waals surface area contributed by atoms with Gasteiger partial charge in [-0.2, -0.15) is 0 Å². The van der Waals surface area contributed by atoms with E-state index in [2.05, 4.69) is 0 Å². The number of hydrogen-bond acceptors (Lipinski definition) is 3. The molecule has 0 aromatic heterocycles. The van der Waals surface area contributed by atoms with Gasteiger partial charge in [0.15, 0.2) is 9.84 Å². The van der Waals surface area contributed by atoms with Crippen LogP contribution in [-0.2, 0) is 21.1 Å². The van der Waals surface area contributed by atoms with Gasteiger partial charge in [0.1, 0.15) is 16.8 Å². The average molecular weight is 447 g/mol. The molecule has 0 aliphatic heterocycles. The molecule has 29 heavy (non-hydrogen) atoms. The van der Waals surface area contributed by atoms with Crippen molar-refractivity contribution in [3.63, 3.8) is 0 Å². The van der Waals surface area contributed by atoms with Gasteiger partial charge in [-0.25, -0.2) is 8.42 Å². The van der Waals surface area contributed by atoms with E-state index in [1.807, 2.05) is 30.3 Å². The highest BCUT2D eigenvalue weighted by atomic mass is 35.5. The summed E-state index contributed by atoms with van der Waals surface area (Å²) in [7, 11) is -3.79. The molecule has 0 radical (unpaired) electrons. The number of aryl methyl sites for hydroxylation is 1. The van der Waals surface area contributed by atoms with Crippen LogP contribution in [0, 0.1) is 0 Å². The Labute approximate surface area is 181 Å². The molecule has 3 aromatic carbocycles. The van der Waals surface area contributed by atoms with Gasteiger partial charge >= 0.3 is 0 Å². The second-order valence-corrected chi connectivity index (χ2v) is 9.77. The van der Waals surface area contributed by atoms with Crippen LogP contribution >= 0.6 is 23.2 Å². The van der Waals surface area contributed by atoms with Gasteiger partial charge in [0.2, 0.25) is 0 Å². The molecule has 3 nitrogen and oxygen atoms in total. The molecule has 0 spiro atoms. The van der Waals surface area contributed by atoms with Crippen molar-refractivity contribution in [1.82, 2.24) is 0 Å². The van der Waals surface area contributed by atoms with Crippen LogP contribution in [0.25, 0.3) is 0 Å². The molecule has 0 saturated carbocycles. The summed E-state index contributed by atoms with van der Waals surface area (Å²) in [5.41, 5.74) is 2.13. The lowest BCUT2D eigenvalue weighted by molar-refractivity contribution is -0.116. The predicted octanol–water partition coefficient (Wildman–Crippen LogP) is 5.70. The molecule has 0 saturated heterocycles. The van der Waals surface area contributed by atoms with Crippen molar-refractivity contribution in [3.05, 3.63) is 106 Å². The van der Waals surface area contributed by atoms with E-state index in [-0.39, 0.29) is 12.2 Å². The predicted molar refractivity (Wildman–Crippen MR) is 118 cm³/mol. The van der Waals surface area contributed by atoms with Crippen molar-refractivity contribution >= 4 is 38.8 Å². The zero-order valence-electron chi connectivity index (χ0n) is 15.6. The summed E-state index contributed by atoms with van der Waals surface area (Å²) in [5.74, 6) is -0.822. The third kappa shape index (κ3) is 5.92. The second-order valence-electron chi connectivity index (χ2n) is 6.81. The third-order valence-electron chi connectivity index (χ3n) is 4.60. The first kappa shape index (κ1) is 21.6. The number of halogens is 2. The van der Waals surface area contributed by atoms with Crippen LogP contribution < -0.4 is 0 Å². The number of carbonyl (C=O) groups is 1. The van der Waals surface area contributed by atoms with Crippen LogP contribution in [0.15, 0.2) is 78.9 Å². The van der Waals surface area contributed by atoms with Gasteiger partial charge in [0, 0.05) is 16.5 Å². The molecule has 0 aliphatic carbocycles. The van der Waals surface area contributed by atoms with Gasteiger partial charge in [-0.1, -0.05) is 77.8 Å². The molecule has 0 aliphatic rings. The van der Waals surface area contributed by atoms with Gasteiger partial charge in [0.25, 0.3) is 0 Å². The Morgan fingerprint density at radius 1 is 0.759 bits per heavy atom. The SMILES string of the molecule is O=C(CCc1ccccc1)CS(=O)(=O)C(c1ccc(Cl)cc1)c1ccc(Cl)cc1. The van der Waals surface area contributed by atoms with Crippen molar-refractivity contribution in [2.24, 2.45) is 0 Å². The summed E-state index contributed by atoms with van der Waals surface area (Å²) in [6.45, 7) is 0. The Morgan fingerprint density at radius 2 is 1.24 bits per heavy atom. The fraction of sp³-hybridized carbons (Fsp3) is 0.174. The molecule has 0 atom stereocenters. The Bertz CT molecular complexity index is 1020. The fourth-order valence-corrected chi connectivity index (χ4v) is 5.35. The summed E-state index contributed by atoms with van der Waals surface area (Å²) in [5, 5.41) is 0.0672. The second kappa shape index (κ2) is 9.57. The van der Waals surface area contributed by atoms with E-state index in [4.69, 9.17) is 23.2 Å². The number of carbonyl (C=O) groups excluding carboxylic acids is 1. The number of hydrogen-bond donors (Lipinski definition) is 0. The van der Waals surface area contributed by atoms with Gasteiger partial charge in [-0.3, -0.25) is 4.79 Å². The summed E-state index contributed by atoms with van der Waals surface area (Å²) >= 11 is 11.9. The number of Topliss-reactive ketones (excluding diaryl/α,β-unsaturated/α-hetero) is 1. The first-order valence-electron chi connectivity index (χ1n) is 9.13. The minimum Gasteiger partial charge on any atom is -0.299 e. The summed E-state index contributed by atoms with van der Waals surface area (Å²) in [6, 6.07) is 22.8. The Morgan fingerprint density at radius 3 is 1.72 bits per heavy atom. The fourth-order valence-electron chi connectivity index (χ4n) is 3.19. The van der Waals surface area contributed by atoms with E-state index in [0.29, 0.717) is 27.6 Å². The maximum Gasteiger partial charge on any atom is 0.168 e. The molecule has 3 aromatic rings. The zero-order valence-corrected chi connectivity index (χ0v) is 17.9. The molecule has 0 heterocycles. The Hall–Kier alpha value is -2.14. The molecule has 0 bridgehead atoms. The highest BCUT2D eigenvalue weighted by Crippen LogP contribution is 2.32. The van der Waals surface area contributed by atoms with Crippen molar-refractivity contribution in [2.45, 2.75) is 18.1 Å². The van der Waals surface area contributed by atoms with Gasteiger partial charge in [0.05, 0.1) is 0 Å². The minimum atomic E-state index is -3.79. The van der Waals surface area contributed by atoms with Crippen molar-refractivity contribution in [2.75, 3.05) is 5.75 Å². The monoisotopic (exact) mass is 446 g/mol. The highest BCUT2D eigenvalue weighted by Gasteiger charge is 2.31. The van der Waals surface area contributed by atoms with Crippen LogP contribution in [0.4, 0.5) is 0 Å². The van der Waals surface area contributed by atoms with Crippen molar-refractivity contribution in [3.8, 4) is 0 Å². The maximum absolute atomic E-state index is 13.2. The molecule has 3 rings (SSSR count). The number of sulfone groups is 1. The maximum atomic E-state index is 13.2. The van der Waals surface area contributed by atoms with Gasteiger partial charge in [-0.05, 0) is 47.4 Å². The average Bonchev–Trinajstić information content (AvgIpc) is 2.70. The lowest BCUT2D eigenvalue weighted by Gasteiger charge is -2.19. The van der Waals surface area contributed by atoms with Crippen molar-refractivity contribution < 1.29 is 13.2 Å². The van der Waals surface area contributed by atoms with E-state index in [0.717, 1.165) is 5.56 Å². The summed E-state index contributed by atoms with van der Waals surface area (Å²) < 4.78 is 26.5. The number of rotatable bonds is 8. The highest BCUT2D eigenvalue weighted by molar-refractivity contribution is 7.92. The van der Waals surface area contributed by atoms with Gasteiger partial charge < -0.3 is 0 Å². The smallest absolute Gasteiger partial charge is 0.168 e. The molecule has 0 N–H and O–H groups in total. The van der Waals surface area contributed by atoms with E-state index in [1.54, 1.807) is 48.5 Å². The first-order chi connectivity index (χ1) is 13.8. The lowest BCUT2D eigenvalue weighted by Crippen LogP contribution is -2.23. The lowest BCUT2D eigenvalue weighted by atomic mass is 10.0. The van der Waals surface area contributed by atoms with E-state index in [1.165, 1.54) is 0 Å². The third-order valence-corrected chi connectivity index (χ3v) is 7.09. The van der Waals surface area contributed by atoms with Crippen LogP contribution in [0.3, 0.4) is 0 Å². The molecular formula is C23H20Cl2O3S. The van der Waals surface area contributed by atoms with E-state index in [9.17, 15) is 13.2 Å². The standard InChI is InChI=1S/C23H20Cl2O3S/c24-20-11-7-18(8-12-20)23(19-9-13-21(25)14-10-19)29(27,28)16-22(26)15-6-17-4-2-1-3-5-17/h1-5,7-14,23H,6,15-16H2. The van der Waals surface area contributed by atoms with Crippen LogP contribution in [0.5, 0.6) is 0 Å². The number of ketones is 1. The van der Waals surface area contributed by atoms with Crippen LogP contribution in [0.1, 0.15) is 28.4 Å². The van der Waals surface area contributed by atoms with Crippen LogP contribution in [0.2, 0.25) is 10.0 Å². The minimum absolute atomic E-state index is 0.178. The Balaban J connectivity index is 1.84. The summed E-state index contributed by atoms with van der Waals surface area (Å²) in [4.78, 5) is 12.5. The Kier molecular flexibility index (Phi) is 7.12. The molecular weight excluding hydrogens is 427 g/mol.